The van der Waals surface area contributed by atoms with Crippen LogP contribution in [0.15, 0.2) is 24.8 Å². The smallest absolute Gasteiger partial charge is 0.331 e. The number of hydrogen-bond acceptors (Lipinski definition) is 5. The van der Waals surface area contributed by atoms with Crippen LogP contribution in [0.1, 0.15) is 20.3 Å². The van der Waals surface area contributed by atoms with Crippen LogP contribution in [0.2, 0.25) is 0 Å². The Morgan fingerprint density at radius 2 is 1.78 bits per heavy atom. The molecule has 0 aromatic carbocycles. The fourth-order valence-corrected chi connectivity index (χ4v) is 2.33. The molecule has 0 radical (unpaired) electrons. The molecule has 0 aromatic heterocycles. The molecular formula is C14H26N2O6S. The van der Waals surface area contributed by atoms with Gasteiger partial charge in [-0.25, -0.2) is 4.79 Å². The SMILES string of the molecule is C=C(CCN(C)C)C(=O)O.C=CC(=O)NC(C)(C)CS(=O)(=O)O. The number of nitrogens with one attached hydrogen (secondary N) is 1. The summed E-state index contributed by atoms with van der Waals surface area (Å²) >= 11 is 0. The van der Waals surface area contributed by atoms with Gasteiger partial charge in [-0.1, -0.05) is 13.2 Å². The highest BCUT2D eigenvalue weighted by molar-refractivity contribution is 7.85. The molecule has 0 bridgehead atoms. The van der Waals surface area contributed by atoms with Crippen molar-refractivity contribution >= 4 is 22.0 Å². The molecule has 0 rings (SSSR count). The molecule has 0 spiro atoms. The Morgan fingerprint density at radius 3 is 2.09 bits per heavy atom. The van der Waals surface area contributed by atoms with Gasteiger partial charge in [0.25, 0.3) is 10.1 Å². The van der Waals surface area contributed by atoms with E-state index in [0.717, 1.165) is 12.6 Å². The predicted octanol–water partition coefficient (Wildman–Crippen LogP) is 0.534. The van der Waals surface area contributed by atoms with Gasteiger partial charge in [-0.2, -0.15) is 8.42 Å². The van der Waals surface area contributed by atoms with Gasteiger partial charge in [-0.05, 0) is 40.4 Å². The van der Waals surface area contributed by atoms with Gasteiger partial charge >= 0.3 is 5.97 Å². The van der Waals surface area contributed by atoms with Crippen molar-refractivity contribution in [3.8, 4) is 0 Å². The lowest BCUT2D eigenvalue weighted by molar-refractivity contribution is -0.132. The molecule has 0 aliphatic carbocycles. The number of amides is 1. The van der Waals surface area contributed by atoms with E-state index in [9.17, 15) is 18.0 Å². The van der Waals surface area contributed by atoms with Crippen molar-refractivity contribution in [2.75, 3.05) is 26.4 Å². The molecule has 0 saturated heterocycles. The quantitative estimate of drug-likeness (QED) is 0.431. The highest BCUT2D eigenvalue weighted by Crippen LogP contribution is 2.05. The largest absolute Gasteiger partial charge is 0.478 e. The molecule has 0 fully saturated rings. The Morgan fingerprint density at radius 1 is 1.30 bits per heavy atom. The lowest BCUT2D eigenvalue weighted by Crippen LogP contribution is -2.47. The molecule has 0 aliphatic heterocycles. The van der Waals surface area contributed by atoms with Gasteiger partial charge < -0.3 is 15.3 Å². The summed E-state index contributed by atoms with van der Waals surface area (Å²) in [5.74, 6) is -1.91. The summed E-state index contributed by atoms with van der Waals surface area (Å²) in [6, 6.07) is 0. The molecule has 8 nitrogen and oxygen atoms in total. The van der Waals surface area contributed by atoms with E-state index in [1.165, 1.54) is 13.8 Å². The minimum absolute atomic E-state index is 0.272. The molecule has 0 atom stereocenters. The number of rotatable bonds is 8. The van der Waals surface area contributed by atoms with Gasteiger partial charge in [-0.3, -0.25) is 9.35 Å². The van der Waals surface area contributed by atoms with Crippen LogP contribution < -0.4 is 5.32 Å². The Hall–Kier alpha value is -1.71. The number of nitrogens with zero attached hydrogens (tertiary/aromatic N) is 1. The first kappa shape index (κ1) is 23.6. The summed E-state index contributed by atoms with van der Waals surface area (Å²) in [7, 11) is -0.289. The van der Waals surface area contributed by atoms with E-state index in [1.807, 2.05) is 19.0 Å². The molecule has 0 aromatic rings. The van der Waals surface area contributed by atoms with Crippen LogP contribution in [0, 0.1) is 0 Å². The zero-order valence-corrected chi connectivity index (χ0v) is 14.8. The van der Waals surface area contributed by atoms with E-state index < -0.39 is 33.3 Å². The average molecular weight is 350 g/mol. The van der Waals surface area contributed by atoms with Gasteiger partial charge in [0.05, 0.1) is 11.3 Å². The van der Waals surface area contributed by atoms with Crippen molar-refractivity contribution in [3.63, 3.8) is 0 Å². The maximum absolute atomic E-state index is 10.8. The van der Waals surface area contributed by atoms with Crippen LogP contribution in [0.5, 0.6) is 0 Å². The highest BCUT2D eigenvalue weighted by atomic mass is 32.2. The molecule has 1 amide bonds. The lowest BCUT2D eigenvalue weighted by Gasteiger charge is -2.23. The third-order valence-corrected chi connectivity index (χ3v) is 3.44. The molecule has 0 aliphatic rings. The summed E-state index contributed by atoms with van der Waals surface area (Å²) in [6.45, 7) is 10.3. The van der Waals surface area contributed by atoms with Crippen LogP contribution in [-0.4, -0.2) is 66.8 Å². The van der Waals surface area contributed by atoms with Crippen molar-refractivity contribution < 1.29 is 27.7 Å². The molecule has 23 heavy (non-hydrogen) atoms. The zero-order valence-electron chi connectivity index (χ0n) is 14.0. The second-order valence-electron chi connectivity index (χ2n) is 5.77. The minimum atomic E-state index is -4.08. The minimum Gasteiger partial charge on any atom is -0.478 e. The van der Waals surface area contributed by atoms with Crippen LogP contribution in [0.3, 0.4) is 0 Å². The van der Waals surface area contributed by atoms with E-state index in [-0.39, 0.29) is 5.57 Å². The molecular weight excluding hydrogens is 324 g/mol. The van der Waals surface area contributed by atoms with Crippen molar-refractivity contribution in [2.24, 2.45) is 0 Å². The number of carboxylic acid groups (broad SMARTS) is 1. The molecule has 0 saturated carbocycles. The molecule has 0 unspecified atom stereocenters. The van der Waals surface area contributed by atoms with Crippen LogP contribution >= 0.6 is 0 Å². The number of carbonyl (C=O) groups is 2. The summed E-state index contributed by atoms with van der Waals surface area (Å²) in [4.78, 5) is 22.9. The van der Waals surface area contributed by atoms with Crippen molar-refractivity contribution in [1.29, 1.82) is 0 Å². The molecule has 9 heteroatoms. The van der Waals surface area contributed by atoms with E-state index >= 15 is 0 Å². The first-order valence-electron chi connectivity index (χ1n) is 6.65. The summed E-state index contributed by atoms with van der Waals surface area (Å²) in [6.07, 6.45) is 1.56. The third kappa shape index (κ3) is 16.5. The fourth-order valence-electron chi connectivity index (χ4n) is 1.34. The van der Waals surface area contributed by atoms with Crippen molar-refractivity contribution in [1.82, 2.24) is 10.2 Å². The van der Waals surface area contributed by atoms with Crippen molar-refractivity contribution in [2.45, 2.75) is 25.8 Å². The summed E-state index contributed by atoms with van der Waals surface area (Å²) in [5, 5.41) is 10.7. The monoisotopic (exact) mass is 350 g/mol. The normalized spacial score (nSPS) is 11.2. The fraction of sp³-hybridized carbons (Fsp3) is 0.571. The Labute approximate surface area is 137 Å². The Bertz CT molecular complexity index is 537. The standard InChI is InChI=1S/C7H13NO4S.C7H13NO2/c1-4-6(9)8-7(2,3)5-13(10,11)12;1-6(7(9)10)4-5-8(2)3/h4H,1,5H2,2-3H3,(H,8,9)(H,10,11,12);1,4-5H2,2-3H3,(H,9,10). The zero-order chi connectivity index (χ0) is 18.8. The first-order chi connectivity index (χ1) is 10.2. The summed E-state index contributed by atoms with van der Waals surface area (Å²) in [5.41, 5.74) is -0.729. The average Bonchev–Trinajstić information content (AvgIpc) is 2.32. The molecule has 0 heterocycles. The van der Waals surface area contributed by atoms with E-state index in [2.05, 4.69) is 18.5 Å². The number of carbonyl (C=O) groups excluding carboxylic acids is 1. The van der Waals surface area contributed by atoms with Gasteiger partial charge in [0.1, 0.15) is 0 Å². The molecule has 3 N–H and O–H groups in total. The van der Waals surface area contributed by atoms with Gasteiger partial charge in [0, 0.05) is 12.1 Å². The van der Waals surface area contributed by atoms with Crippen LogP contribution in [0.4, 0.5) is 0 Å². The predicted molar refractivity (Wildman–Crippen MR) is 88.8 cm³/mol. The van der Waals surface area contributed by atoms with Crippen molar-refractivity contribution in [3.05, 3.63) is 24.8 Å². The second kappa shape index (κ2) is 10.1. The van der Waals surface area contributed by atoms with Crippen LogP contribution in [-0.2, 0) is 19.7 Å². The number of hydrogen-bond donors (Lipinski definition) is 3. The summed E-state index contributed by atoms with van der Waals surface area (Å²) < 4.78 is 29.5. The molecule has 134 valence electrons. The highest BCUT2D eigenvalue weighted by Gasteiger charge is 2.25. The van der Waals surface area contributed by atoms with Gasteiger partial charge in [0.15, 0.2) is 0 Å². The maximum atomic E-state index is 10.8. The lowest BCUT2D eigenvalue weighted by atomic mass is 10.1. The maximum Gasteiger partial charge on any atom is 0.331 e. The third-order valence-electron chi connectivity index (χ3n) is 2.35. The van der Waals surface area contributed by atoms with E-state index in [0.29, 0.717) is 6.42 Å². The van der Waals surface area contributed by atoms with E-state index in [1.54, 1.807) is 0 Å². The second-order valence-corrected chi connectivity index (χ2v) is 7.22. The number of carboxylic acids is 1. The van der Waals surface area contributed by atoms with E-state index in [4.69, 9.17) is 9.66 Å². The number of aliphatic carboxylic acids is 1. The van der Waals surface area contributed by atoms with Gasteiger partial charge in [0.2, 0.25) is 5.91 Å². The Kier molecular flexibility index (Phi) is 10.4. The first-order valence-corrected chi connectivity index (χ1v) is 8.26. The van der Waals surface area contributed by atoms with Gasteiger partial charge in [-0.15, -0.1) is 0 Å². The van der Waals surface area contributed by atoms with Crippen LogP contribution in [0.25, 0.3) is 0 Å². The Balaban J connectivity index is 0. The topological polar surface area (TPSA) is 124 Å².